The summed E-state index contributed by atoms with van der Waals surface area (Å²) in [6.07, 6.45) is 4.02. The first-order valence-corrected chi connectivity index (χ1v) is 13.3. The first-order valence-electron chi connectivity index (χ1n) is 13.3. The summed E-state index contributed by atoms with van der Waals surface area (Å²) in [4.78, 5) is 72.5. The van der Waals surface area contributed by atoms with Crippen LogP contribution in [0.15, 0.2) is 42.7 Å². The largest absolute Gasteiger partial charge is 0.341 e. The van der Waals surface area contributed by atoms with Crippen LogP contribution in [-0.4, -0.2) is 80.4 Å². The van der Waals surface area contributed by atoms with Gasteiger partial charge >= 0.3 is 5.97 Å². The molecule has 0 unspecified atom stereocenters. The van der Waals surface area contributed by atoms with E-state index in [1.807, 2.05) is 30.3 Å². The van der Waals surface area contributed by atoms with Crippen molar-refractivity contribution in [3.05, 3.63) is 53.9 Å². The van der Waals surface area contributed by atoms with Crippen molar-refractivity contribution in [3.63, 3.8) is 0 Å². The average Bonchev–Trinajstić information content (AvgIpc) is 3.26. The van der Waals surface area contributed by atoms with E-state index in [0.29, 0.717) is 30.3 Å². The van der Waals surface area contributed by atoms with Crippen LogP contribution in [0.2, 0.25) is 0 Å². The molecular formula is C28H31N5O6. The molecule has 0 bridgehead atoms. The zero-order valence-corrected chi connectivity index (χ0v) is 22.0. The number of hydrogen-bond acceptors (Lipinski definition) is 7. The van der Waals surface area contributed by atoms with E-state index in [1.54, 1.807) is 20.7 Å². The number of aromatic nitrogens is 2. The molecule has 204 valence electrons. The van der Waals surface area contributed by atoms with E-state index >= 15 is 0 Å². The third-order valence-electron chi connectivity index (χ3n) is 8.61. The Hall–Kier alpha value is -4.02. The Morgan fingerprint density at radius 1 is 0.974 bits per heavy atom. The van der Waals surface area contributed by atoms with Crippen LogP contribution in [0.5, 0.6) is 0 Å². The Bertz CT molecular complexity index is 1350. The number of imide groups is 1. The first kappa shape index (κ1) is 25.3. The lowest BCUT2D eigenvalue weighted by molar-refractivity contribution is -0.205. The molecule has 3 aliphatic heterocycles. The van der Waals surface area contributed by atoms with E-state index in [4.69, 9.17) is 4.84 Å². The number of carbonyl (C=O) groups excluding carboxylic acids is 5. The Morgan fingerprint density at radius 3 is 2.26 bits per heavy atom. The summed E-state index contributed by atoms with van der Waals surface area (Å²) in [5, 5.41) is 4.88. The van der Waals surface area contributed by atoms with E-state index in [-0.39, 0.29) is 49.1 Å². The van der Waals surface area contributed by atoms with Crippen LogP contribution in [0, 0.1) is 22.7 Å². The van der Waals surface area contributed by atoms with Crippen molar-refractivity contribution >= 4 is 29.6 Å². The molecule has 4 heterocycles. The normalized spacial score (nSPS) is 24.7. The lowest BCUT2D eigenvalue weighted by Crippen LogP contribution is -2.64. The van der Waals surface area contributed by atoms with Crippen molar-refractivity contribution in [1.29, 1.82) is 0 Å². The zero-order valence-electron chi connectivity index (χ0n) is 22.0. The van der Waals surface area contributed by atoms with Gasteiger partial charge in [-0.25, -0.2) is 4.79 Å². The van der Waals surface area contributed by atoms with Crippen LogP contribution >= 0.6 is 0 Å². The smallest absolute Gasteiger partial charge is 0.338 e. The second-order valence-electron chi connectivity index (χ2n) is 11.9. The fourth-order valence-electron chi connectivity index (χ4n) is 6.07. The van der Waals surface area contributed by atoms with Gasteiger partial charge in [-0.1, -0.05) is 44.2 Å². The number of rotatable bonds is 6. The molecule has 4 amide bonds. The predicted molar refractivity (Wildman–Crippen MR) is 135 cm³/mol. The highest BCUT2D eigenvalue weighted by molar-refractivity contribution is 6.02. The van der Waals surface area contributed by atoms with Gasteiger partial charge in [-0.3, -0.25) is 23.9 Å². The van der Waals surface area contributed by atoms with Crippen LogP contribution in [0.4, 0.5) is 0 Å². The van der Waals surface area contributed by atoms with E-state index in [1.165, 1.54) is 6.20 Å². The van der Waals surface area contributed by atoms with Crippen LogP contribution in [-0.2, 0) is 30.6 Å². The summed E-state index contributed by atoms with van der Waals surface area (Å²) in [6, 6.07) is 9.77. The van der Waals surface area contributed by atoms with Gasteiger partial charge in [-0.15, -0.1) is 5.06 Å². The molecule has 1 aromatic heterocycles. The average molecular weight is 534 g/mol. The molecule has 2 atom stereocenters. The molecular weight excluding hydrogens is 502 g/mol. The number of nitrogens with zero attached hydrogens (tertiary/aromatic N) is 5. The van der Waals surface area contributed by atoms with Gasteiger partial charge in [-0.05, 0) is 17.4 Å². The third kappa shape index (κ3) is 4.49. The van der Waals surface area contributed by atoms with E-state index in [2.05, 4.69) is 18.9 Å². The highest BCUT2D eigenvalue weighted by atomic mass is 16.7. The maximum atomic E-state index is 13.5. The van der Waals surface area contributed by atoms with Crippen molar-refractivity contribution < 1.29 is 28.8 Å². The second kappa shape index (κ2) is 9.03. The monoisotopic (exact) mass is 533 g/mol. The van der Waals surface area contributed by atoms with Crippen LogP contribution in [0.1, 0.15) is 49.0 Å². The minimum atomic E-state index is -0.779. The first-order chi connectivity index (χ1) is 18.6. The van der Waals surface area contributed by atoms with Gasteiger partial charge in [0, 0.05) is 56.6 Å². The van der Waals surface area contributed by atoms with Gasteiger partial charge in [0.15, 0.2) is 0 Å². The molecule has 1 saturated carbocycles. The maximum Gasteiger partial charge on any atom is 0.338 e. The summed E-state index contributed by atoms with van der Waals surface area (Å²) in [6.45, 7) is 5.59. The molecule has 11 nitrogen and oxygen atoms in total. The molecule has 1 aliphatic carbocycles. The molecule has 39 heavy (non-hydrogen) atoms. The second-order valence-corrected chi connectivity index (χ2v) is 11.9. The summed E-state index contributed by atoms with van der Waals surface area (Å²) < 4.78 is 1.69. The standard InChI is InChI=1S/C28H31N5O6/c1-27(2)10-20(27)25(37)31-16-28(17-31)15-30(14-21(28)26(38)39-33-22(34)8-9-23(33)35)24(36)19-11-29-32(13-19)12-18-6-4-3-5-7-18/h3-7,11,13,20-21H,8-10,12,14-17H2,1-2H3/t20-,21+/m1/s1. The molecule has 1 aromatic carbocycles. The number of likely N-dealkylation sites (tertiary alicyclic amines) is 2. The quantitative estimate of drug-likeness (QED) is 0.516. The van der Waals surface area contributed by atoms with Crippen LogP contribution < -0.4 is 0 Å². The summed E-state index contributed by atoms with van der Waals surface area (Å²) in [7, 11) is 0. The highest BCUT2D eigenvalue weighted by Crippen LogP contribution is 2.54. The minimum Gasteiger partial charge on any atom is -0.341 e. The van der Waals surface area contributed by atoms with Gasteiger partial charge < -0.3 is 14.6 Å². The summed E-state index contributed by atoms with van der Waals surface area (Å²) in [5.74, 6) is -2.86. The van der Waals surface area contributed by atoms with Crippen molar-refractivity contribution in [2.24, 2.45) is 22.7 Å². The number of benzene rings is 1. The number of hydroxylamine groups is 2. The van der Waals surface area contributed by atoms with Gasteiger partial charge in [0.1, 0.15) is 0 Å². The number of hydrogen-bond donors (Lipinski definition) is 0. The summed E-state index contributed by atoms with van der Waals surface area (Å²) >= 11 is 0. The molecule has 11 heteroatoms. The molecule has 0 radical (unpaired) electrons. The van der Waals surface area contributed by atoms with Crippen LogP contribution in [0.3, 0.4) is 0 Å². The Kier molecular flexibility index (Phi) is 5.85. The molecule has 6 rings (SSSR count). The van der Waals surface area contributed by atoms with Crippen molar-refractivity contribution in [2.75, 3.05) is 26.2 Å². The van der Waals surface area contributed by atoms with Gasteiger partial charge in [0.25, 0.3) is 17.7 Å². The SMILES string of the molecule is CC1(C)C[C@@H]1C(=O)N1CC2(CN(C(=O)c3cnn(Cc4ccccc4)c3)C[C@H]2C(=O)ON2C(=O)CCC2=O)C1. The Labute approximate surface area is 225 Å². The summed E-state index contributed by atoms with van der Waals surface area (Å²) in [5.41, 5.74) is 0.720. The highest BCUT2D eigenvalue weighted by Gasteiger charge is 2.62. The van der Waals surface area contributed by atoms with Crippen LogP contribution in [0.25, 0.3) is 0 Å². The lowest BCUT2D eigenvalue weighted by Gasteiger charge is -2.50. The van der Waals surface area contributed by atoms with Gasteiger partial charge in [-0.2, -0.15) is 5.10 Å². The molecule has 0 N–H and O–H groups in total. The van der Waals surface area contributed by atoms with Crippen molar-refractivity contribution in [1.82, 2.24) is 24.6 Å². The van der Waals surface area contributed by atoms with E-state index < -0.39 is 29.1 Å². The van der Waals surface area contributed by atoms with E-state index in [0.717, 1.165) is 12.0 Å². The topological polar surface area (TPSA) is 122 Å². The Balaban J connectivity index is 1.18. The van der Waals surface area contributed by atoms with Gasteiger partial charge in [0.05, 0.1) is 24.2 Å². The third-order valence-corrected chi connectivity index (χ3v) is 8.61. The lowest BCUT2D eigenvalue weighted by atomic mass is 9.71. The fourth-order valence-corrected chi connectivity index (χ4v) is 6.07. The maximum absolute atomic E-state index is 13.5. The molecule has 4 fully saturated rings. The molecule has 1 spiro atoms. The Morgan fingerprint density at radius 2 is 1.62 bits per heavy atom. The number of amides is 4. The van der Waals surface area contributed by atoms with Crippen molar-refractivity contribution in [2.45, 2.75) is 39.7 Å². The van der Waals surface area contributed by atoms with Crippen molar-refractivity contribution in [3.8, 4) is 0 Å². The molecule has 3 saturated heterocycles. The number of carbonyl (C=O) groups is 5. The fraction of sp³-hybridized carbons (Fsp3) is 0.500. The predicted octanol–water partition coefficient (Wildman–Crippen LogP) is 1.49. The van der Waals surface area contributed by atoms with Gasteiger partial charge in [0.2, 0.25) is 5.91 Å². The van der Waals surface area contributed by atoms with E-state index in [9.17, 15) is 24.0 Å². The minimum absolute atomic E-state index is 0.00103. The zero-order chi connectivity index (χ0) is 27.5. The molecule has 2 aromatic rings. The molecule has 4 aliphatic rings.